The summed E-state index contributed by atoms with van der Waals surface area (Å²) >= 11 is 0. The van der Waals surface area contributed by atoms with E-state index in [1.165, 1.54) is 0 Å². The number of rotatable bonds is 5. The molecule has 0 aliphatic rings. The van der Waals surface area contributed by atoms with Crippen molar-refractivity contribution in [2.45, 2.75) is 32.0 Å². The number of hydrogen-bond donors (Lipinski definition) is 4. The quantitative estimate of drug-likeness (QED) is 0.480. The number of nitrogens with zero attached hydrogens (tertiary/aromatic N) is 2. The number of nitrogens with one attached hydrogen (secondary N) is 2. The topological polar surface area (TPSA) is 96.1 Å². The molecule has 0 aliphatic carbocycles. The molecule has 0 amide bonds. The van der Waals surface area contributed by atoms with Crippen molar-refractivity contribution < 1.29 is 18.3 Å². The number of nitrogens with two attached hydrogens (primary N) is 1. The maximum Gasteiger partial charge on any atom is 0.433 e. The van der Waals surface area contributed by atoms with Gasteiger partial charge in [0.25, 0.3) is 0 Å². The first-order valence-corrected chi connectivity index (χ1v) is 5.50. The minimum absolute atomic E-state index is 0.0197. The summed E-state index contributed by atoms with van der Waals surface area (Å²) in [5, 5.41) is 11.7. The highest BCUT2D eigenvalue weighted by Crippen LogP contribution is 2.30. The molecule has 0 aliphatic heterocycles. The smallest absolute Gasteiger partial charge is 0.396 e. The Morgan fingerprint density at radius 3 is 2.42 bits per heavy atom. The molecule has 0 radical (unpaired) electrons. The van der Waals surface area contributed by atoms with Crippen LogP contribution in [0.15, 0.2) is 6.07 Å². The standard InChI is InChI=1S/C10H16F3N5O/c1-9(2,3-4-19)17-7-5-6(10(11,12)13)15-8(16-7)18-14/h5,19H,3-4,14H2,1-2H3,(H2,15,16,17,18). The molecule has 0 bridgehead atoms. The number of aliphatic hydroxyl groups is 1. The zero-order chi connectivity index (χ0) is 14.7. The van der Waals surface area contributed by atoms with Crippen molar-refractivity contribution in [3.63, 3.8) is 0 Å². The van der Waals surface area contributed by atoms with E-state index in [0.29, 0.717) is 6.42 Å². The summed E-state index contributed by atoms with van der Waals surface area (Å²) < 4.78 is 37.9. The van der Waals surface area contributed by atoms with Crippen LogP contribution in [0.25, 0.3) is 0 Å². The first kappa shape index (κ1) is 15.4. The lowest BCUT2D eigenvalue weighted by Gasteiger charge is -2.26. The van der Waals surface area contributed by atoms with Gasteiger partial charge in [0, 0.05) is 18.2 Å². The molecule has 5 N–H and O–H groups in total. The van der Waals surface area contributed by atoms with Crippen molar-refractivity contribution in [2.75, 3.05) is 17.3 Å². The van der Waals surface area contributed by atoms with Gasteiger partial charge in [-0.05, 0) is 20.3 Å². The van der Waals surface area contributed by atoms with E-state index in [1.54, 1.807) is 13.8 Å². The van der Waals surface area contributed by atoms with Crippen LogP contribution in [0.4, 0.5) is 24.9 Å². The summed E-state index contributed by atoms with van der Waals surface area (Å²) in [5.41, 5.74) is 0.273. The number of hydrogen-bond acceptors (Lipinski definition) is 6. The van der Waals surface area contributed by atoms with Gasteiger partial charge in [0.2, 0.25) is 5.95 Å². The van der Waals surface area contributed by atoms with Gasteiger partial charge in [-0.15, -0.1) is 0 Å². The lowest BCUT2D eigenvalue weighted by Crippen LogP contribution is -2.32. The van der Waals surface area contributed by atoms with E-state index in [2.05, 4.69) is 15.3 Å². The molecule has 9 heteroatoms. The Labute approximate surface area is 108 Å². The molecular formula is C10H16F3N5O. The van der Waals surface area contributed by atoms with E-state index >= 15 is 0 Å². The van der Waals surface area contributed by atoms with Crippen LogP contribution in [-0.4, -0.2) is 27.2 Å². The molecule has 1 aromatic rings. The van der Waals surface area contributed by atoms with Gasteiger partial charge in [-0.25, -0.2) is 10.8 Å². The Morgan fingerprint density at radius 1 is 1.32 bits per heavy atom. The van der Waals surface area contributed by atoms with Crippen LogP contribution in [0.2, 0.25) is 0 Å². The highest BCUT2D eigenvalue weighted by Gasteiger charge is 2.34. The third-order valence-electron chi connectivity index (χ3n) is 2.35. The fourth-order valence-corrected chi connectivity index (χ4v) is 1.41. The number of aromatic nitrogens is 2. The molecule has 1 rings (SSSR count). The molecule has 0 spiro atoms. The number of alkyl halides is 3. The zero-order valence-electron chi connectivity index (χ0n) is 10.5. The number of hydrazine groups is 1. The fraction of sp³-hybridized carbons (Fsp3) is 0.600. The van der Waals surface area contributed by atoms with Gasteiger partial charge in [0.15, 0.2) is 5.69 Å². The molecule has 0 aromatic carbocycles. The van der Waals surface area contributed by atoms with Gasteiger partial charge in [0.1, 0.15) is 5.82 Å². The summed E-state index contributed by atoms with van der Waals surface area (Å²) in [4.78, 5) is 7.03. The first-order chi connectivity index (χ1) is 8.68. The number of aliphatic hydroxyl groups excluding tert-OH is 1. The highest BCUT2D eigenvalue weighted by atomic mass is 19.4. The third-order valence-corrected chi connectivity index (χ3v) is 2.35. The van der Waals surface area contributed by atoms with Crippen molar-refractivity contribution in [3.05, 3.63) is 11.8 Å². The Kier molecular flexibility index (Phi) is 4.53. The lowest BCUT2D eigenvalue weighted by molar-refractivity contribution is -0.141. The van der Waals surface area contributed by atoms with Gasteiger partial charge in [-0.2, -0.15) is 18.2 Å². The summed E-state index contributed by atoms with van der Waals surface area (Å²) in [5.74, 6) is 4.69. The fourth-order valence-electron chi connectivity index (χ4n) is 1.41. The largest absolute Gasteiger partial charge is 0.433 e. The zero-order valence-corrected chi connectivity index (χ0v) is 10.5. The van der Waals surface area contributed by atoms with Gasteiger partial charge in [-0.3, -0.25) is 5.43 Å². The van der Waals surface area contributed by atoms with Crippen molar-refractivity contribution in [1.29, 1.82) is 0 Å². The summed E-state index contributed by atoms with van der Waals surface area (Å²) in [7, 11) is 0. The van der Waals surface area contributed by atoms with Gasteiger partial charge in [0.05, 0.1) is 0 Å². The highest BCUT2D eigenvalue weighted by molar-refractivity contribution is 5.44. The van der Waals surface area contributed by atoms with E-state index < -0.39 is 17.4 Å². The molecule has 0 saturated heterocycles. The summed E-state index contributed by atoms with van der Waals surface area (Å²) in [6.45, 7) is 3.36. The van der Waals surface area contributed by atoms with E-state index in [9.17, 15) is 13.2 Å². The van der Waals surface area contributed by atoms with E-state index in [1.807, 2.05) is 5.43 Å². The molecule has 108 valence electrons. The van der Waals surface area contributed by atoms with Crippen LogP contribution in [0.3, 0.4) is 0 Å². The molecule has 0 saturated carbocycles. The minimum atomic E-state index is -4.59. The second-order valence-electron chi connectivity index (χ2n) is 4.59. The predicted molar refractivity (Wildman–Crippen MR) is 64.2 cm³/mol. The number of nitrogen functional groups attached to an aromatic ring is 1. The molecule has 0 atom stereocenters. The average molecular weight is 279 g/mol. The lowest BCUT2D eigenvalue weighted by atomic mass is 10.0. The van der Waals surface area contributed by atoms with Gasteiger partial charge >= 0.3 is 6.18 Å². The van der Waals surface area contributed by atoms with Crippen LogP contribution < -0.4 is 16.6 Å². The SMILES string of the molecule is CC(C)(CCO)Nc1cc(C(F)(F)F)nc(NN)n1. The van der Waals surface area contributed by atoms with Crippen molar-refractivity contribution in [1.82, 2.24) is 9.97 Å². The second kappa shape index (κ2) is 5.57. The molecule has 19 heavy (non-hydrogen) atoms. The van der Waals surface area contributed by atoms with Crippen LogP contribution in [-0.2, 0) is 6.18 Å². The van der Waals surface area contributed by atoms with Crippen molar-refractivity contribution in [3.8, 4) is 0 Å². The van der Waals surface area contributed by atoms with Crippen molar-refractivity contribution in [2.24, 2.45) is 5.84 Å². The Hall–Kier alpha value is -1.61. The Balaban J connectivity index is 3.07. The number of anilines is 2. The van der Waals surface area contributed by atoms with Gasteiger partial charge in [-0.1, -0.05) is 0 Å². The molecule has 1 heterocycles. The predicted octanol–water partition coefficient (Wildman–Crippen LogP) is 1.35. The maximum atomic E-state index is 12.6. The van der Waals surface area contributed by atoms with Crippen molar-refractivity contribution >= 4 is 11.8 Å². The second-order valence-corrected chi connectivity index (χ2v) is 4.59. The Morgan fingerprint density at radius 2 is 1.95 bits per heavy atom. The van der Waals surface area contributed by atoms with Crippen LogP contribution in [0.1, 0.15) is 26.0 Å². The Bertz CT molecular complexity index is 436. The normalized spacial score (nSPS) is 12.4. The average Bonchev–Trinajstić information content (AvgIpc) is 2.26. The summed E-state index contributed by atoms with van der Waals surface area (Å²) in [6, 6.07) is 0.792. The van der Waals surface area contributed by atoms with Crippen LogP contribution in [0, 0.1) is 0 Å². The number of halogens is 3. The summed E-state index contributed by atoms with van der Waals surface area (Å²) in [6.07, 6.45) is -4.24. The first-order valence-electron chi connectivity index (χ1n) is 5.50. The third kappa shape index (κ3) is 4.52. The van der Waals surface area contributed by atoms with Gasteiger partial charge < -0.3 is 10.4 Å². The van der Waals surface area contributed by atoms with E-state index in [4.69, 9.17) is 10.9 Å². The minimum Gasteiger partial charge on any atom is -0.396 e. The van der Waals surface area contributed by atoms with E-state index in [-0.39, 0.29) is 18.4 Å². The molecular weight excluding hydrogens is 263 g/mol. The molecule has 1 aromatic heterocycles. The molecule has 6 nitrogen and oxygen atoms in total. The maximum absolute atomic E-state index is 12.6. The molecule has 0 unspecified atom stereocenters. The van der Waals surface area contributed by atoms with Crippen LogP contribution >= 0.6 is 0 Å². The monoisotopic (exact) mass is 279 g/mol. The van der Waals surface area contributed by atoms with E-state index in [0.717, 1.165) is 6.07 Å². The molecule has 0 fully saturated rings. The van der Waals surface area contributed by atoms with Crippen LogP contribution in [0.5, 0.6) is 0 Å².